The summed E-state index contributed by atoms with van der Waals surface area (Å²) in [5.41, 5.74) is 9.27. The molecule has 1 unspecified atom stereocenters. The van der Waals surface area contributed by atoms with Gasteiger partial charge in [-0.2, -0.15) is 0 Å². The van der Waals surface area contributed by atoms with Crippen LogP contribution in [-0.2, 0) is 14.3 Å². The Balaban J connectivity index is 1.72. The summed E-state index contributed by atoms with van der Waals surface area (Å²) in [6.45, 7) is 1.42. The Bertz CT molecular complexity index is 764. The second kappa shape index (κ2) is 7.73. The molecule has 4 amide bonds. The molecule has 2 aliphatic heterocycles. The molecular formula is C17H20N4O5. The van der Waals surface area contributed by atoms with Gasteiger partial charge in [-0.3, -0.25) is 24.5 Å². The number of hydrazine groups is 1. The summed E-state index contributed by atoms with van der Waals surface area (Å²) in [6.07, 6.45) is 0.559. The number of carbonyl (C=O) groups is 4. The first-order valence-electron chi connectivity index (χ1n) is 8.40. The van der Waals surface area contributed by atoms with Crippen LogP contribution < -0.4 is 16.5 Å². The van der Waals surface area contributed by atoms with Crippen LogP contribution in [0.1, 0.15) is 45.0 Å². The molecule has 3 rings (SSSR count). The molecular weight excluding hydrogens is 340 g/mol. The Morgan fingerprint density at radius 1 is 1.15 bits per heavy atom. The van der Waals surface area contributed by atoms with Crippen molar-refractivity contribution in [2.45, 2.75) is 18.8 Å². The van der Waals surface area contributed by atoms with Crippen molar-refractivity contribution >= 4 is 23.6 Å². The minimum Gasteiger partial charge on any atom is -0.379 e. The molecule has 2 aliphatic rings. The normalized spacial score (nSPS) is 19.7. The van der Waals surface area contributed by atoms with E-state index in [1.807, 2.05) is 0 Å². The Morgan fingerprint density at radius 2 is 1.92 bits per heavy atom. The van der Waals surface area contributed by atoms with E-state index in [4.69, 9.17) is 10.5 Å². The summed E-state index contributed by atoms with van der Waals surface area (Å²) in [7, 11) is 0. The number of piperidine rings is 1. The minimum absolute atomic E-state index is 0.204. The van der Waals surface area contributed by atoms with Crippen molar-refractivity contribution in [1.82, 2.24) is 15.8 Å². The largest absolute Gasteiger partial charge is 0.379 e. The lowest BCUT2D eigenvalue weighted by molar-refractivity contribution is -0.153. The second-order valence-electron chi connectivity index (χ2n) is 6.06. The van der Waals surface area contributed by atoms with Crippen LogP contribution in [0.5, 0.6) is 0 Å². The van der Waals surface area contributed by atoms with Gasteiger partial charge in [0.2, 0.25) is 5.91 Å². The third-order valence-electron chi connectivity index (χ3n) is 4.36. The second-order valence-corrected chi connectivity index (χ2v) is 6.06. The molecule has 0 aromatic heterocycles. The molecule has 1 atom stereocenters. The number of carbonyl (C=O) groups excluding carboxylic acids is 4. The summed E-state index contributed by atoms with van der Waals surface area (Å²) in [6, 6.07) is 4.74. The molecule has 0 bridgehead atoms. The highest BCUT2D eigenvalue weighted by Crippen LogP contribution is 2.30. The molecule has 1 saturated heterocycles. The highest BCUT2D eigenvalue weighted by molar-refractivity contribution is 6.21. The molecule has 0 spiro atoms. The van der Waals surface area contributed by atoms with Gasteiger partial charge in [-0.15, -0.1) is 0 Å². The molecule has 1 fully saturated rings. The molecule has 26 heavy (non-hydrogen) atoms. The van der Waals surface area contributed by atoms with Crippen molar-refractivity contribution in [3.8, 4) is 0 Å². The minimum atomic E-state index is -0.557. The van der Waals surface area contributed by atoms with E-state index >= 15 is 0 Å². The van der Waals surface area contributed by atoms with E-state index in [0.717, 1.165) is 5.01 Å². The summed E-state index contributed by atoms with van der Waals surface area (Å²) >= 11 is 0. The lowest BCUT2D eigenvalue weighted by atomic mass is 9.88. The van der Waals surface area contributed by atoms with Gasteiger partial charge in [-0.1, -0.05) is 6.07 Å². The molecule has 9 nitrogen and oxygen atoms in total. The molecule has 0 saturated carbocycles. The summed E-state index contributed by atoms with van der Waals surface area (Å²) < 4.78 is 5.21. The van der Waals surface area contributed by atoms with Gasteiger partial charge in [0.05, 0.1) is 30.3 Å². The molecule has 0 radical (unpaired) electrons. The first-order valence-corrected chi connectivity index (χ1v) is 8.40. The number of nitrogens with zero attached hydrogens (tertiary/aromatic N) is 1. The van der Waals surface area contributed by atoms with Gasteiger partial charge < -0.3 is 10.5 Å². The molecule has 4 N–H and O–H groups in total. The fourth-order valence-corrected chi connectivity index (χ4v) is 3.07. The van der Waals surface area contributed by atoms with Crippen LogP contribution >= 0.6 is 0 Å². The highest BCUT2D eigenvalue weighted by Gasteiger charge is 2.36. The number of rotatable bonds is 7. The van der Waals surface area contributed by atoms with Crippen molar-refractivity contribution in [1.29, 1.82) is 0 Å². The van der Waals surface area contributed by atoms with Crippen LogP contribution in [0.4, 0.5) is 0 Å². The first kappa shape index (κ1) is 18.2. The van der Waals surface area contributed by atoms with Crippen LogP contribution in [0.3, 0.4) is 0 Å². The maximum atomic E-state index is 12.7. The summed E-state index contributed by atoms with van der Waals surface area (Å²) in [5.74, 6) is -2.16. The fraction of sp³-hybridized carbons (Fsp3) is 0.412. The summed E-state index contributed by atoms with van der Waals surface area (Å²) in [5, 5.41) is 3.23. The van der Waals surface area contributed by atoms with Crippen LogP contribution in [-0.4, -0.2) is 54.9 Å². The topological polar surface area (TPSA) is 131 Å². The van der Waals surface area contributed by atoms with Crippen LogP contribution in [0.2, 0.25) is 0 Å². The van der Waals surface area contributed by atoms with E-state index in [0.29, 0.717) is 43.9 Å². The molecule has 0 aliphatic carbocycles. The zero-order valence-corrected chi connectivity index (χ0v) is 14.1. The Kier molecular flexibility index (Phi) is 5.40. The molecule has 2 heterocycles. The third kappa shape index (κ3) is 3.50. The molecule has 138 valence electrons. The van der Waals surface area contributed by atoms with Gasteiger partial charge in [-0.25, -0.2) is 10.4 Å². The number of hydrogen-bond donors (Lipinski definition) is 3. The number of nitrogens with two attached hydrogens (primary N) is 1. The zero-order valence-electron chi connectivity index (χ0n) is 14.1. The van der Waals surface area contributed by atoms with Crippen molar-refractivity contribution in [2.24, 2.45) is 5.73 Å². The van der Waals surface area contributed by atoms with E-state index in [-0.39, 0.29) is 23.8 Å². The Labute approximate surface area is 149 Å². The van der Waals surface area contributed by atoms with E-state index in [9.17, 15) is 19.2 Å². The van der Waals surface area contributed by atoms with E-state index in [1.54, 1.807) is 12.1 Å². The quantitative estimate of drug-likeness (QED) is 0.432. The third-order valence-corrected chi connectivity index (χ3v) is 4.36. The van der Waals surface area contributed by atoms with Gasteiger partial charge in [0, 0.05) is 19.5 Å². The molecule has 1 aromatic rings. The Morgan fingerprint density at radius 3 is 2.69 bits per heavy atom. The van der Waals surface area contributed by atoms with Crippen LogP contribution in [0, 0.1) is 0 Å². The average Bonchev–Trinajstić information content (AvgIpc) is 2.91. The first-order chi connectivity index (χ1) is 12.5. The molecule has 1 aromatic carbocycles. The number of ether oxygens (including phenoxy) is 1. The van der Waals surface area contributed by atoms with Crippen molar-refractivity contribution in [3.63, 3.8) is 0 Å². The lowest BCUT2D eigenvalue weighted by Crippen LogP contribution is -2.52. The number of imide groups is 2. The monoisotopic (exact) mass is 360 g/mol. The van der Waals surface area contributed by atoms with Crippen LogP contribution in [0.25, 0.3) is 0 Å². The smallest absolute Gasteiger partial charge is 0.258 e. The van der Waals surface area contributed by atoms with Gasteiger partial charge >= 0.3 is 0 Å². The number of nitrogens with one attached hydrogen (secondary N) is 2. The number of hydrogen-bond acceptors (Lipinski definition) is 7. The van der Waals surface area contributed by atoms with Crippen molar-refractivity contribution in [3.05, 3.63) is 34.9 Å². The zero-order chi connectivity index (χ0) is 18.7. The van der Waals surface area contributed by atoms with Gasteiger partial charge in [0.25, 0.3) is 17.7 Å². The standard InChI is InChI=1S/C17H20N4O5/c18-5-7-26-8-6-19-21-14(22)4-3-11(17(21)25)10-1-2-12-13(9-10)16(24)20-15(12)23/h1-2,9,11,19H,3-8,18H2,(H,20,23,24). The number of amides is 4. The van der Waals surface area contributed by atoms with Crippen LogP contribution in [0.15, 0.2) is 18.2 Å². The average molecular weight is 360 g/mol. The summed E-state index contributed by atoms with van der Waals surface area (Å²) in [4.78, 5) is 48.2. The van der Waals surface area contributed by atoms with Crippen molar-refractivity contribution in [2.75, 3.05) is 26.3 Å². The van der Waals surface area contributed by atoms with Gasteiger partial charge in [0.1, 0.15) is 0 Å². The van der Waals surface area contributed by atoms with E-state index in [2.05, 4.69) is 10.7 Å². The predicted molar refractivity (Wildman–Crippen MR) is 89.9 cm³/mol. The number of benzene rings is 1. The lowest BCUT2D eigenvalue weighted by Gasteiger charge is -2.31. The van der Waals surface area contributed by atoms with Gasteiger partial charge in [-0.05, 0) is 24.1 Å². The Hall–Kier alpha value is -2.62. The predicted octanol–water partition coefficient (Wildman–Crippen LogP) is -0.717. The fourth-order valence-electron chi connectivity index (χ4n) is 3.07. The maximum absolute atomic E-state index is 12.7. The SMILES string of the molecule is NCCOCCNN1C(=O)CCC(c2ccc3c(c2)C(=O)NC3=O)C1=O. The number of fused-ring (bicyclic) bond motifs is 1. The maximum Gasteiger partial charge on any atom is 0.258 e. The molecule has 9 heteroatoms. The van der Waals surface area contributed by atoms with E-state index in [1.165, 1.54) is 6.07 Å². The van der Waals surface area contributed by atoms with Crippen molar-refractivity contribution < 1.29 is 23.9 Å². The van der Waals surface area contributed by atoms with Gasteiger partial charge in [0.15, 0.2) is 0 Å². The highest BCUT2D eigenvalue weighted by atomic mass is 16.5. The van der Waals surface area contributed by atoms with E-state index < -0.39 is 17.7 Å².